The van der Waals surface area contributed by atoms with Gasteiger partial charge in [-0.2, -0.15) is 0 Å². The lowest BCUT2D eigenvalue weighted by Crippen LogP contribution is -2.01. The highest BCUT2D eigenvalue weighted by Crippen LogP contribution is 2.29. The van der Waals surface area contributed by atoms with E-state index >= 15 is 0 Å². The number of unbranched alkanes of at least 4 members (excludes halogenated alkanes) is 1. The summed E-state index contributed by atoms with van der Waals surface area (Å²) in [5.41, 5.74) is 3.24. The lowest BCUT2D eigenvalue weighted by Gasteiger charge is -2.09. The summed E-state index contributed by atoms with van der Waals surface area (Å²) in [6.45, 7) is 3.02. The molecule has 0 unspecified atom stereocenters. The van der Waals surface area contributed by atoms with Crippen LogP contribution in [0.4, 0.5) is 0 Å². The van der Waals surface area contributed by atoms with Crippen molar-refractivity contribution in [2.75, 3.05) is 0 Å². The number of fused-ring (bicyclic) bond motifs is 2. The number of halogens is 1. The Kier molecular flexibility index (Phi) is 4.06. The molecule has 4 aromatic rings. The molecular weight excluding hydrogens is 334 g/mol. The van der Waals surface area contributed by atoms with Gasteiger partial charge in [-0.3, -0.25) is 0 Å². The van der Waals surface area contributed by atoms with Crippen LogP contribution >= 0.6 is 11.6 Å². The van der Waals surface area contributed by atoms with Crippen molar-refractivity contribution in [3.05, 3.63) is 53.6 Å². The molecule has 4 rings (SSSR count). The largest absolute Gasteiger partial charge is 0.506 e. The fraction of sp³-hybridized carbons (Fsp3) is 0.200. The minimum atomic E-state index is 0.179. The van der Waals surface area contributed by atoms with E-state index in [1.807, 2.05) is 42.5 Å². The van der Waals surface area contributed by atoms with E-state index in [2.05, 4.69) is 16.5 Å². The molecule has 0 saturated carbocycles. The maximum atomic E-state index is 10.1. The maximum absolute atomic E-state index is 10.1. The minimum absolute atomic E-state index is 0.179. The maximum Gasteiger partial charge on any atom is 0.159 e. The van der Waals surface area contributed by atoms with Crippen LogP contribution in [-0.2, 0) is 6.54 Å². The van der Waals surface area contributed by atoms with Crippen LogP contribution in [0.2, 0.25) is 5.02 Å². The smallest absolute Gasteiger partial charge is 0.159 e. The molecule has 5 heteroatoms. The molecule has 25 heavy (non-hydrogen) atoms. The first-order chi connectivity index (χ1) is 12.2. The zero-order chi connectivity index (χ0) is 17.4. The van der Waals surface area contributed by atoms with Crippen molar-refractivity contribution in [3.63, 3.8) is 0 Å². The van der Waals surface area contributed by atoms with Crippen LogP contribution in [-0.4, -0.2) is 19.6 Å². The third kappa shape index (κ3) is 2.83. The zero-order valence-corrected chi connectivity index (χ0v) is 14.7. The van der Waals surface area contributed by atoms with E-state index < -0.39 is 0 Å². The van der Waals surface area contributed by atoms with Crippen molar-refractivity contribution < 1.29 is 5.11 Å². The molecule has 0 atom stereocenters. The van der Waals surface area contributed by atoms with Crippen LogP contribution in [0.15, 0.2) is 48.5 Å². The van der Waals surface area contributed by atoms with Gasteiger partial charge in [0.05, 0.1) is 11.0 Å². The van der Waals surface area contributed by atoms with Gasteiger partial charge in [-0.05, 0) is 36.8 Å². The first-order valence-corrected chi connectivity index (χ1v) is 8.80. The number of pyridine rings is 1. The Morgan fingerprint density at radius 3 is 2.80 bits per heavy atom. The number of aromatic nitrogens is 3. The molecule has 2 aromatic heterocycles. The first kappa shape index (κ1) is 15.9. The van der Waals surface area contributed by atoms with Gasteiger partial charge in [-0.25, -0.2) is 9.97 Å². The second-order valence-corrected chi connectivity index (χ2v) is 6.56. The van der Waals surface area contributed by atoms with Crippen LogP contribution < -0.4 is 0 Å². The van der Waals surface area contributed by atoms with Gasteiger partial charge in [0.25, 0.3) is 0 Å². The topological polar surface area (TPSA) is 50.9 Å². The molecule has 1 N–H and O–H groups in total. The van der Waals surface area contributed by atoms with Crippen LogP contribution in [0.25, 0.3) is 33.5 Å². The molecule has 0 fully saturated rings. The number of benzene rings is 2. The number of rotatable bonds is 4. The summed E-state index contributed by atoms with van der Waals surface area (Å²) in [4.78, 5) is 9.44. The van der Waals surface area contributed by atoms with Crippen molar-refractivity contribution >= 4 is 33.5 Å². The Morgan fingerprint density at radius 1 is 1.08 bits per heavy atom. The quantitative estimate of drug-likeness (QED) is 0.534. The van der Waals surface area contributed by atoms with Crippen LogP contribution in [0.1, 0.15) is 19.8 Å². The standard InChI is InChI=1S/C20H18ClN3O/c1-2-3-11-24-17-12-14(21)8-10-15(17)23-20(24)16-9-7-13-5-4-6-18(25)19(13)22-16/h4-10,12,25H,2-3,11H2,1H3. The number of nitrogens with zero attached hydrogens (tertiary/aromatic N) is 3. The SMILES string of the molecule is CCCCn1c(-c2ccc3cccc(O)c3n2)nc2ccc(Cl)cc21. The Balaban J connectivity index is 1.94. The molecule has 0 aliphatic heterocycles. The molecule has 0 bridgehead atoms. The highest BCUT2D eigenvalue weighted by molar-refractivity contribution is 6.31. The fourth-order valence-electron chi connectivity index (χ4n) is 3.09. The van der Waals surface area contributed by atoms with E-state index in [-0.39, 0.29) is 5.75 Å². The molecule has 0 amide bonds. The Bertz CT molecular complexity index is 1070. The highest BCUT2D eigenvalue weighted by Gasteiger charge is 2.15. The van der Waals surface area contributed by atoms with E-state index in [9.17, 15) is 5.11 Å². The van der Waals surface area contributed by atoms with Gasteiger partial charge >= 0.3 is 0 Å². The Hall–Kier alpha value is -2.59. The summed E-state index contributed by atoms with van der Waals surface area (Å²) < 4.78 is 2.17. The van der Waals surface area contributed by atoms with Crippen LogP contribution in [0.3, 0.4) is 0 Å². The number of aromatic hydroxyl groups is 1. The van der Waals surface area contributed by atoms with Crippen molar-refractivity contribution in [2.24, 2.45) is 0 Å². The van der Waals surface area contributed by atoms with Crippen molar-refractivity contribution in [1.82, 2.24) is 14.5 Å². The summed E-state index contributed by atoms with van der Waals surface area (Å²) in [5.74, 6) is 0.981. The van der Waals surface area contributed by atoms with Gasteiger partial charge < -0.3 is 9.67 Å². The number of para-hydroxylation sites is 1. The van der Waals surface area contributed by atoms with E-state index in [1.165, 1.54) is 0 Å². The fourth-order valence-corrected chi connectivity index (χ4v) is 3.26. The van der Waals surface area contributed by atoms with Gasteiger partial charge in [0.15, 0.2) is 5.82 Å². The number of hydrogen-bond donors (Lipinski definition) is 1. The Labute approximate surface area is 150 Å². The molecule has 126 valence electrons. The molecule has 0 saturated heterocycles. The van der Waals surface area contributed by atoms with Crippen molar-refractivity contribution in [2.45, 2.75) is 26.3 Å². The molecule has 0 radical (unpaired) electrons. The third-order valence-electron chi connectivity index (χ3n) is 4.37. The summed E-state index contributed by atoms with van der Waals surface area (Å²) in [6, 6.07) is 15.1. The molecule has 0 aliphatic rings. The van der Waals surface area contributed by atoms with Gasteiger partial charge in [-0.1, -0.05) is 43.1 Å². The molecule has 0 aliphatic carbocycles. The summed E-state index contributed by atoms with van der Waals surface area (Å²) >= 11 is 6.19. The van der Waals surface area contributed by atoms with E-state index in [1.54, 1.807) is 6.07 Å². The second-order valence-electron chi connectivity index (χ2n) is 6.12. The van der Waals surface area contributed by atoms with Gasteiger partial charge in [-0.15, -0.1) is 0 Å². The average Bonchev–Trinajstić information content (AvgIpc) is 2.98. The van der Waals surface area contributed by atoms with E-state index in [4.69, 9.17) is 16.6 Å². The summed E-state index contributed by atoms with van der Waals surface area (Å²) in [7, 11) is 0. The lowest BCUT2D eigenvalue weighted by atomic mass is 10.2. The number of aryl methyl sites for hydroxylation is 1. The number of phenols is 1. The predicted molar refractivity (Wildman–Crippen MR) is 102 cm³/mol. The van der Waals surface area contributed by atoms with Crippen molar-refractivity contribution in [1.29, 1.82) is 0 Å². The lowest BCUT2D eigenvalue weighted by molar-refractivity contribution is 0.480. The van der Waals surface area contributed by atoms with Gasteiger partial charge in [0.1, 0.15) is 17.0 Å². The van der Waals surface area contributed by atoms with Crippen LogP contribution in [0.5, 0.6) is 5.75 Å². The van der Waals surface area contributed by atoms with E-state index in [0.717, 1.165) is 47.3 Å². The minimum Gasteiger partial charge on any atom is -0.506 e. The number of phenolic OH excluding ortho intramolecular Hbond substituents is 1. The van der Waals surface area contributed by atoms with Gasteiger partial charge in [0.2, 0.25) is 0 Å². The zero-order valence-electron chi connectivity index (χ0n) is 13.9. The molecule has 0 spiro atoms. The predicted octanol–water partition coefficient (Wildman–Crippen LogP) is 5.41. The normalized spacial score (nSPS) is 11.4. The molecular formula is C20H18ClN3O. The average molecular weight is 352 g/mol. The number of hydrogen-bond acceptors (Lipinski definition) is 3. The highest BCUT2D eigenvalue weighted by atomic mass is 35.5. The van der Waals surface area contributed by atoms with E-state index in [0.29, 0.717) is 10.5 Å². The van der Waals surface area contributed by atoms with Crippen molar-refractivity contribution in [3.8, 4) is 17.3 Å². The summed E-state index contributed by atoms with van der Waals surface area (Å²) in [6.07, 6.45) is 2.13. The molecule has 4 nitrogen and oxygen atoms in total. The molecule has 2 aromatic carbocycles. The Morgan fingerprint density at radius 2 is 1.96 bits per heavy atom. The monoisotopic (exact) mass is 351 g/mol. The molecule has 2 heterocycles. The van der Waals surface area contributed by atoms with Gasteiger partial charge in [0, 0.05) is 17.0 Å². The second kappa shape index (κ2) is 6.37. The summed E-state index contributed by atoms with van der Waals surface area (Å²) in [5, 5.41) is 11.7. The number of imidazole rings is 1. The first-order valence-electron chi connectivity index (χ1n) is 8.42. The third-order valence-corrected chi connectivity index (χ3v) is 4.61. The van der Waals surface area contributed by atoms with Crippen LogP contribution in [0, 0.1) is 0 Å².